The van der Waals surface area contributed by atoms with E-state index in [2.05, 4.69) is 21.7 Å². The summed E-state index contributed by atoms with van der Waals surface area (Å²) >= 11 is 0. The van der Waals surface area contributed by atoms with Gasteiger partial charge in [0.15, 0.2) is 0 Å². The molecular weight excluding hydrogens is 336 g/mol. The van der Waals surface area contributed by atoms with E-state index in [1.165, 1.54) is 48.9 Å². The third-order valence-corrected chi connectivity index (χ3v) is 4.34. The fraction of sp³-hybridized carbons (Fsp3) is 0.300. The number of halogens is 2. The normalized spacial score (nSPS) is 13.8. The summed E-state index contributed by atoms with van der Waals surface area (Å²) in [6.07, 6.45) is 9.18. The van der Waals surface area contributed by atoms with Gasteiger partial charge in [0.05, 0.1) is 0 Å². The van der Waals surface area contributed by atoms with Crippen LogP contribution < -0.4 is 10.6 Å². The van der Waals surface area contributed by atoms with Crippen LogP contribution in [0.15, 0.2) is 48.2 Å². The maximum Gasteiger partial charge on any atom is 0.269 e. The Balaban J connectivity index is 1.61. The molecule has 1 aliphatic carbocycles. The van der Waals surface area contributed by atoms with Gasteiger partial charge in [0.25, 0.3) is 5.91 Å². The first-order valence-corrected chi connectivity index (χ1v) is 8.76. The van der Waals surface area contributed by atoms with Gasteiger partial charge in [-0.25, -0.2) is 8.78 Å². The lowest BCUT2D eigenvalue weighted by atomic mass is 9.97. The molecule has 136 valence electrons. The van der Waals surface area contributed by atoms with Gasteiger partial charge in [0.1, 0.15) is 23.0 Å². The van der Waals surface area contributed by atoms with E-state index in [-0.39, 0.29) is 17.3 Å². The average molecular weight is 357 g/mol. The van der Waals surface area contributed by atoms with Crippen LogP contribution >= 0.6 is 0 Å². The molecule has 1 aliphatic rings. The van der Waals surface area contributed by atoms with E-state index in [1.807, 2.05) is 0 Å². The summed E-state index contributed by atoms with van der Waals surface area (Å²) in [5.74, 6) is -1.71. The molecule has 6 heteroatoms. The van der Waals surface area contributed by atoms with E-state index in [0.717, 1.165) is 19.3 Å². The number of nitrogens with one attached hydrogen (secondary N) is 2. The average Bonchev–Trinajstić information content (AvgIpc) is 2.66. The van der Waals surface area contributed by atoms with Gasteiger partial charge in [-0.2, -0.15) is 0 Å². The fourth-order valence-corrected chi connectivity index (χ4v) is 2.95. The molecule has 0 unspecified atom stereocenters. The van der Waals surface area contributed by atoms with Crippen molar-refractivity contribution in [2.24, 2.45) is 0 Å². The van der Waals surface area contributed by atoms with Crippen molar-refractivity contribution in [1.82, 2.24) is 10.3 Å². The zero-order valence-electron chi connectivity index (χ0n) is 14.4. The second-order valence-corrected chi connectivity index (χ2v) is 6.27. The molecule has 1 heterocycles. The first-order valence-electron chi connectivity index (χ1n) is 8.76. The van der Waals surface area contributed by atoms with Crippen molar-refractivity contribution in [3.8, 4) is 0 Å². The number of allylic oxidation sites excluding steroid dienone is 1. The summed E-state index contributed by atoms with van der Waals surface area (Å²) in [6.45, 7) is 0.548. The Morgan fingerprint density at radius 1 is 1.15 bits per heavy atom. The zero-order chi connectivity index (χ0) is 18.4. The van der Waals surface area contributed by atoms with Crippen LogP contribution in [0.2, 0.25) is 0 Å². The van der Waals surface area contributed by atoms with Gasteiger partial charge in [0, 0.05) is 18.4 Å². The number of amides is 1. The lowest BCUT2D eigenvalue weighted by Gasteiger charge is -2.13. The topological polar surface area (TPSA) is 54.0 Å². The fourth-order valence-electron chi connectivity index (χ4n) is 2.95. The van der Waals surface area contributed by atoms with E-state index in [0.29, 0.717) is 12.2 Å². The smallest absolute Gasteiger partial charge is 0.269 e. The monoisotopic (exact) mass is 357 g/mol. The zero-order valence-corrected chi connectivity index (χ0v) is 14.4. The number of nitrogens with zero attached hydrogens (tertiary/aromatic N) is 1. The summed E-state index contributed by atoms with van der Waals surface area (Å²) < 4.78 is 27.5. The molecule has 1 aromatic carbocycles. The van der Waals surface area contributed by atoms with Crippen LogP contribution in [0.4, 0.5) is 20.2 Å². The number of carbonyl (C=O) groups excluding carboxylic acids is 1. The van der Waals surface area contributed by atoms with Gasteiger partial charge in [-0.05, 0) is 56.4 Å². The maximum absolute atomic E-state index is 13.7. The molecule has 4 nitrogen and oxygen atoms in total. The number of hydrogen-bond donors (Lipinski definition) is 2. The van der Waals surface area contributed by atoms with Gasteiger partial charge < -0.3 is 10.6 Å². The minimum absolute atomic E-state index is 0.198. The van der Waals surface area contributed by atoms with Crippen molar-refractivity contribution in [3.63, 3.8) is 0 Å². The van der Waals surface area contributed by atoms with Gasteiger partial charge >= 0.3 is 0 Å². The van der Waals surface area contributed by atoms with Gasteiger partial charge in [-0.3, -0.25) is 9.78 Å². The van der Waals surface area contributed by atoms with E-state index < -0.39 is 11.6 Å². The second kappa shape index (κ2) is 8.56. The summed E-state index contributed by atoms with van der Waals surface area (Å²) in [5, 5.41) is 5.51. The number of carbonyl (C=O) groups is 1. The summed E-state index contributed by atoms with van der Waals surface area (Å²) in [7, 11) is 0. The molecule has 3 rings (SSSR count). The molecule has 0 spiro atoms. The first kappa shape index (κ1) is 18.0. The van der Waals surface area contributed by atoms with Gasteiger partial charge in [-0.1, -0.05) is 17.7 Å². The molecule has 1 aromatic heterocycles. The van der Waals surface area contributed by atoms with Crippen LogP contribution in [-0.2, 0) is 0 Å². The molecule has 0 atom stereocenters. The molecule has 0 radical (unpaired) electrons. The van der Waals surface area contributed by atoms with Crippen molar-refractivity contribution in [2.45, 2.75) is 32.1 Å². The Kier molecular flexibility index (Phi) is 5.94. The second-order valence-electron chi connectivity index (χ2n) is 6.27. The van der Waals surface area contributed by atoms with Crippen LogP contribution in [0, 0.1) is 11.6 Å². The molecule has 0 fully saturated rings. The van der Waals surface area contributed by atoms with E-state index in [9.17, 15) is 13.6 Å². The van der Waals surface area contributed by atoms with Crippen LogP contribution in [0.1, 0.15) is 42.6 Å². The highest BCUT2D eigenvalue weighted by Gasteiger charge is 2.12. The van der Waals surface area contributed by atoms with Crippen molar-refractivity contribution in [2.75, 3.05) is 11.9 Å². The largest absolute Gasteiger partial charge is 0.351 e. The third-order valence-electron chi connectivity index (χ3n) is 4.34. The van der Waals surface area contributed by atoms with Crippen molar-refractivity contribution in [1.29, 1.82) is 0 Å². The summed E-state index contributed by atoms with van der Waals surface area (Å²) in [4.78, 5) is 16.3. The summed E-state index contributed by atoms with van der Waals surface area (Å²) in [6, 6.07) is 6.65. The van der Waals surface area contributed by atoms with E-state index >= 15 is 0 Å². The number of hydrogen-bond acceptors (Lipinski definition) is 3. The highest BCUT2D eigenvalue weighted by atomic mass is 19.1. The SMILES string of the molecule is O=C(NCCC1=CCCCC1)c1cc(Nc2c(F)cccc2F)ccn1. The van der Waals surface area contributed by atoms with Crippen molar-refractivity contribution >= 4 is 17.3 Å². The lowest BCUT2D eigenvalue weighted by molar-refractivity contribution is 0.0949. The number of benzene rings is 1. The predicted molar refractivity (Wildman–Crippen MR) is 97.4 cm³/mol. The van der Waals surface area contributed by atoms with Crippen LogP contribution in [0.25, 0.3) is 0 Å². The Labute approximate surface area is 151 Å². The summed E-state index contributed by atoms with van der Waals surface area (Å²) in [5.41, 5.74) is 1.72. The number of pyridine rings is 1. The Hall–Kier alpha value is -2.76. The Bertz CT molecular complexity index is 800. The minimum Gasteiger partial charge on any atom is -0.351 e. The molecule has 2 N–H and O–H groups in total. The first-order chi connectivity index (χ1) is 12.6. The highest BCUT2D eigenvalue weighted by Crippen LogP contribution is 2.23. The standard InChI is InChI=1S/C20H21F2N3O/c21-16-7-4-8-17(22)19(16)25-15-10-12-23-18(13-15)20(26)24-11-9-14-5-2-1-3-6-14/h4-5,7-8,10,12-13H,1-3,6,9,11H2,(H,23,25)(H,24,26). The van der Waals surface area contributed by atoms with Gasteiger partial charge in [0.2, 0.25) is 0 Å². The van der Waals surface area contributed by atoms with E-state index in [1.54, 1.807) is 6.07 Å². The number of aromatic nitrogens is 1. The lowest BCUT2D eigenvalue weighted by Crippen LogP contribution is -2.25. The molecular formula is C20H21F2N3O. The Morgan fingerprint density at radius 2 is 1.96 bits per heavy atom. The highest BCUT2D eigenvalue weighted by molar-refractivity contribution is 5.93. The van der Waals surface area contributed by atoms with Gasteiger partial charge in [-0.15, -0.1) is 0 Å². The minimum atomic E-state index is -0.700. The van der Waals surface area contributed by atoms with Crippen LogP contribution in [0.3, 0.4) is 0 Å². The third kappa shape index (κ3) is 4.65. The number of rotatable bonds is 6. The predicted octanol–water partition coefficient (Wildman–Crippen LogP) is 4.72. The number of anilines is 2. The number of para-hydroxylation sites is 1. The van der Waals surface area contributed by atoms with Crippen molar-refractivity contribution < 1.29 is 13.6 Å². The molecule has 2 aromatic rings. The quantitative estimate of drug-likeness (QED) is 0.735. The van der Waals surface area contributed by atoms with Crippen LogP contribution in [0.5, 0.6) is 0 Å². The molecule has 0 saturated carbocycles. The molecule has 26 heavy (non-hydrogen) atoms. The van der Waals surface area contributed by atoms with E-state index in [4.69, 9.17) is 0 Å². The van der Waals surface area contributed by atoms with Crippen molar-refractivity contribution in [3.05, 3.63) is 65.5 Å². The molecule has 0 aliphatic heterocycles. The molecule has 0 bridgehead atoms. The molecule has 0 saturated heterocycles. The van der Waals surface area contributed by atoms with Crippen LogP contribution in [-0.4, -0.2) is 17.4 Å². The molecule has 1 amide bonds. The Morgan fingerprint density at radius 3 is 2.69 bits per heavy atom. The maximum atomic E-state index is 13.7.